The van der Waals surface area contributed by atoms with E-state index in [0.717, 1.165) is 12.3 Å². The number of carbonyl (C=O) groups is 1. The molecule has 0 aromatic carbocycles. The molecule has 2 rings (SSSR count). The van der Waals surface area contributed by atoms with Gasteiger partial charge in [0, 0.05) is 0 Å². The first-order valence-corrected chi connectivity index (χ1v) is 5.09. The minimum atomic E-state index is -4.69. The molecule has 2 heterocycles. The van der Waals surface area contributed by atoms with Gasteiger partial charge in [0.1, 0.15) is 6.20 Å². The van der Waals surface area contributed by atoms with Gasteiger partial charge in [-0.2, -0.15) is 18.3 Å². The SMILES string of the molecule is O=C(O)c1nn(-c2ccc(C(F)(F)F)nn2)cc1[N+](=O)[O-]. The van der Waals surface area contributed by atoms with Crippen LogP contribution in [0.2, 0.25) is 0 Å². The van der Waals surface area contributed by atoms with Gasteiger partial charge in [-0.25, -0.2) is 9.48 Å². The monoisotopic (exact) mass is 303 g/mol. The molecule has 2 aromatic rings. The third-order valence-corrected chi connectivity index (χ3v) is 2.27. The van der Waals surface area contributed by atoms with Crippen LogP contribution in [0.25, 0.3) is 5.82 Å². The van der Waals surface area contributed by atoms with Gasteiger partial charge in [0.05, 0.1) is 4.92 Å². The molecule has 0 bridgehead atoms. The van der Waals surface area contributed by atoms with Crippen molar-refractivity contribution in [1.29, 1.82) is 0 Å². The number of hydrogen-bond acceptors (Lipinski definition) is 6. The van der Waals surface area contributed by atoms with Gasteiger partial charge in [0.25, 0.3) is 0 Å². The Morgan fingerprint density at radius 3 is 2.38 bits per heavy atom. The fraction of sp³-hybridized carbons (Fsp3) is 0.111. The van der Waals surface area contributed by atoms with E-state index < -0.39 is 34.1 Å². The van der Waals surface area contributed by atoms with Gasteiger partial charge in [-0.1, -0.05) is 0 Å². The Hall–Kier alpha value is -3.05. The van der Waals surface area contributed by atoms with E-state index in [9.17, 15) is 28.1 Å². The summed E-state index contributed by atoms with van der Waals surface area (Å²) in [5, 5.41) is 28.9. The zero-order valence-corrected chi connectivity index (χ0v) is 9.77. The maximum atomic E-state index is 12.3. The Labute approximate surface area is 112 Å². The van der Waals surface area contributed by atoms with Crippen LogP contribution in [0.5, 0.6) is 0 Å². The van der Waals surface area contributed by atoms with E-state index in [4.69, 9.17) is 5.11 Å². The second-order valence-corrected chi connectivity index (χ2v) is 3.64. The highest BCUT2D eigenvalue weighted by atomic mass is 19.4. The largest absolute Gasteiger partial charge is 0.476 e. The van der Waals surface area contributed by atoms with Crippen LogP contribution in [0.1, 0.15) is 16.2 Å². The van der Waals surface area contributed by atoms with Crippen molar-refractivity contribution in [3.05, 3.63) is 39.8 Å². The Morgan fingerprint density at radius 1 is 1.33 bits per heavy atom. The topological polar surface area (TPSA) is 124 Å². The zero-order chi connectivity index (χ0) is 15.8. The van der Waals surface area contributed by atoms with Crippen molar-refractivity contribution in [2.45, 2.75) is 6.18 Å². The normalized spacial score (nSPS) is 11.4. The van der Waals surface area contributed by atoms with E-state index in [2.05, 4.69) is 15.3 Å². The number of carboxylic acids is 1. The van der Waals surface area contributed by atoms with Gasteiger partial charge in [0.15, 0.2) is 11.5 Å². The van der Waals surface area contributed by atoms with Crippen molar-refractivity contribution >= 4 is 11.7 Å². The quantitative estimate of drug-likeness (QED) is 0.669. The third-order valence-electron chi connectivity index (χ3n) is 2.27. The molecule has 0 aliphatic carbocycles. The van der Waals surface area contributed by atoms with Gasteiger partial charge in [-0.05, 0) is 12.1 Å². The third kappa shape index (κ3) is 2.77. The van der Waals surface area contributed by atoms with Gasteiger partial charge in [-0.3, -0.25) is 10.1 Å². The van der Waals surface area contributed by atoms with Crippen LogP contribution in [-0.4, -0.2) is 36.0 Å². The highest BCUT2D eigenvalue weighted by Crippen LogP contribution is 2.27. The minimum Gasteiger partial charge on any atom is -0.476 e. The molecule has 2 aromatic heterocycles. The van der Waals surface area contributed by atoms with Gasteiger partial charge in [-0.15, -0.1) is 10.2 Å². The fourth-order valence-corrected chi connectivity index (χ4v) is 1.37. The summed E-state index contributed by atoms with van der Waals surface area (Å²) in [6.07, 6.45) is -3.96. The van der Waals surface area contributed by atoms with Crippen LogP contribution in [-0.2, 0) is 6.18 Å². The van der Waals surface area contributed by atoms with Crippen LogP contribution in [0.4, 0.5) is 18.9 Å². The Kier molecular flexibility index (Phi) is 3.29. The molecule has 0 saturated carbocycles. The summed E-state index contributed by atoms with van der Waals surface area (Å²) in [7, 11) is 0. The number of aromatic carboxylic acids is 1. The molecular weight excluding hydrogens is 299 g/mol. The van der Waals surface area contributed by atoms with Crippen molar-refractivity contribution in [1.82, 2.24) is 20.0 Å². The number of carboxylic acid groups (broad SMARTS) is 1. The molecule has 0 amide bonds. The number of nitro groups is 1. The van der Waals surface area contributed by atoms with Crippen LogP contribution in [0.15, 0.2) is 18.3 Å². The summed E-state index contributed by atoms with van der Waals surface area (Å²) < 4.78 is 37.6. The average Bonchev–Trinajstić information content (AvgIpc) is 2.83. The molecule has 0 atom stereocenters. The lowest BCUT2D eigenvalue weighted by Crippen LogP contribution is -2.11. The molecule has 9 nitrogen and oxygen atoms in total. The molecule has 0 saturated heterocycles. The van der Waals surface area contributed by atoms with Gasteiger partial charge < -0.3 is 5.11 Å². The lowest BCUT2D eigenvalue weighted by atomic mass is 10.4. The van der Waals surface area contributed by atoms with E-state index in [-0.39, 0.29) is 5.82 Å². The van der Waals surface area contributed by atoms with Gasteiger partial charge in [0.2, 0.25) is 5.69 Å². The number of halogens is 3. The van der Waals surface area contributed by atoms with Crippen molar-refractivity contribution in [2.24, 2.45) is 0 Å². The first-order valence-electron chi connectivity index (χ1n) is 5.09. The van der Waals surface area contributed by atoms with Crippen LogP contribution >= 0.6 is 0 Å². The molecular formula is C9H4F3N5O4. The van der Waals surface area contributed by atoms with E-state index in [0.29, 0.717) is 10.7 Å². The first-order chi connectivity index (χ1) is 9.70. The standard InChI is InChI=1S/C9H4F3N5O4/c10-9(11,12)5-1-2-6(14-13-5)16-3-4(17(20)21)7(15-16)8(18)19/h1-3H,(H,18,19). The fourth-order valence-electron chi connectivity index (χ4n) is 1.37. The number of hydrogen-bond donors (Lipinski definition) is 1. The summed E-state index contributed by atoms with van der Waals surface area (Å²) in [5.74, 6) is -1.95. The van der Waals surface area contributed by atoms with Crippen molar-refractivity contribution < 1.29 is 28.0 Å². The first kappa shape index (κ1) is 14.4. The van der Waals surface area contributed by atoms with E-state index in [1.807, 2.05) is 0 Å². The van der Waals surface area contributed by atoms with E-state index in [1.54, 1.807) is 0 Å². The molecule has 110 valence electrons. The van der Waals surface area contributed by atoms with E-state index in [1.165, 1.54) is 0 Å². The molecule has 0 fully saturated rings. The maximum Gasteiger partial charge on any atom is 0.435 e. The Balaban J connectivity index is 2.45. The second-order valence-electron chi connectivity index (χ2n) is 3.64. The van der Waals surface area contributed by atoms with Crippen molar-refractivity contribution in [3.63, 3.8) is 0 Å². The van der Waals surface area contributed by atoms with Crippen LogP contribution in [0, 0.1) is 10.1 Å². The molecule has 12 heteroatoms. The lowest BCUT2D eigenvalue weighted by molar-refractivity contribution is -0.385. The summed E-state index contributed by atoms with van der Waals surface area (Å²) in [6, 6.07) is 1.45. The summed E-state index contributed by atoms with van der Waals surface area (Å²) >= 11 is 0. The van der Waals surface area contributed by atoms with Crippen LogP contribution in [0.3, 0.4) is 0 Å². The minimum absolute atomic E-state index is 0.293. The summed E-state index contributed by atoms with van der Waals surface area (Å²) in [6.45, 7) is 0. The molecule has 0 unspecified atom stereocenters. The van der Waals surface area contributed by atoms with Crippen molar-refractivity contribution in [2.75, 3.05) is 0 Å². The highest BCUT2D eigenvalue weighted by Gasteiger charge is 2.33. The average molecular weight is 303 g/mol. The summed E-state index contributed by atoms with van der Waals surface area (Å²) in [5.41, 5.74) is -2.93. The van der Waals surface area contributed by atoms with Gasteiger partial charge >= 0.3 is 17.8 Å². The molecule has 1 N–H and O–H groups in total. The molecule has 21 heavy (non-hydrogen) atoms. The van der Waals surface area contributed by atoms with E-state index >= 15 is 0 Å². The number of nitrogens with zero attached hydrogens (tertiary/aromatic N) is 5. The Bertz CT molecular complexity index is 678. The smallest absolute Gasteiger partial charge is 0.435 e. The predicted molar refractivity (Wildman–Crippen MR) is 57.8 cm³/mol. The zero-order valence-electron chi connectivity index (χ0n) is 9.77. The summed E-state index contributed by atoms with van der Waals surface area (Å²) in [4.78, 5) is 20.5. The number of alkyl halides is 3. The number of aromatic nitrogens is 4. The molecule has 0 aliphatic rings. The second kappa shape index (κ2) is 4.81. The number of rotatable bonds is 3. The molecule has 0 aliphatic heterocycles. The highest BCUT2D eigenvalue weighted by molar-refractivity contribution is 5.89. The predicted octanol–water partition coefficient (Wildman–Crippen LogP) is 1.29. The Morgan fingerprint density at radius 2 is 2.00 bits per heavy atom. The molecule has 0 radical (unpaired) electrons. The molecule has 0 spiro atoms. The lowest BCUT2D eigenvalue weighted by Gasteiger charge is -2.04. The van der Waals surface area contributed by atoms with Crippen molar-refractivity contribution in [3.8, 4) is 5.82 Å². The van der Waals surface area contributed by atoms with Crippen LogP contribution < -0.4 is 0 Å². The maximum absolute atomic E-state index is 12.3.